The Labute approximate surface area is 150 Å². The van der Waals surface area contributed by atoms with Gasteiger partial charge in [0.1, 0.15) is 17.0 Å². The summed E-state index contributed by atoms with van der Waals surface area (Å²) in [4.78, 5) is 36.6. The van der Waals surface area contributed by atoms with Crippen LogP contribution in [-0.4, -0.2) is 47.5 Å². The normalized spacial score (nSPS) is 18.3. The lowest BCUT2D eigenvalue weighted by molar-refractivity contribution is -0.384. The molecule has 1 aliphatic carbocycles. The van der Waals surface area contributed by atoms with Gasteiger partial charge in [-0.05, 0) is 25.3 Å². The fraction of sp³-hybridized carbons (Fsp3) is 0.529. The van der Waals surface area contributed by atoms with E-state index < -0.39 is 10.5 Å². The van der Waals surface area contributed by atoms with Gasteiger partial charge < -0.3 is 15.4 Å². The zero-order valence-corrected chi connectivity index (χ0v) is 14.6. The fourth-order valence-electron chi connectivity index (χ4n) is 3.60. The van der Waals surface area contributed by atoms with Crippen molar-refractivity contribution in [2.75, 3.05) is 25.5 Å². The average Bonchev–Trinajstić information content (AvgIpc) is 3.18. The topological polar surface area (TPSA) is 114 Å². The predicted octanol–water partition coefficient (Wildman–Crippen LogP) is 2.27. The van der Waals surface area contributed by atoms with Gasteiger partial charge in [0.25, 0.3) is 11.6 Å². The van der Waals surface area contributed by atoms with Crippen molar-refractivity contribution in [1.29, 1.82) is 0 Å². The van der Waals surface area contributed by atoms with Crippen molar-refractivity contribution in [3.63, 3.8) is 0 Å². The molecule has 0 aromatic heterocycles. The summed E-state index contributed by atoms with van der Waals surface area (Å²) in [6, 6.07) is 4.11. The summed E-state index contributed by atoms with van der Waals surface area (Å²) in [6.45, 7) is 0.662. The number of nitro benzene ring substituents is 1. The summed E-state index contributed by atoms with van der Waals surface area (Å²) in [5.74, 6) is 0.364. The molecule has 1 aliphatic heterocycles. The van der Waals surface area contributed by atoms with E-state index in [-0.39, 0.29) is 24.2 Å². The van der Waals surface area contributed by atoms with Crippen LogP contribution in [-0.2, 0) is 4.79 Å². The molecule has 2 N–H and O–H groups in total. The Morgan fingerprint density at radius 3 is 2.73 bits per heavy atom. The minimum absolute atomic E-state index is 0.0503. The van der Waals surface area contributed by atoms with Crippen LogP contribution in [0.4, 0.5) is 16.2 Å². The standard InChI is InChI=1S/C17H22N4O5/c1-26-12-5-6-14(21(24)25)13(11-12)18-9-4-10-20-15(22)17(19-16(20)23)7-2-3-8-17/h5-6,11,18H,2-4,7-10H2,1H3,(H,19,23). The van der Waals surface area contributed by atoms with Gasteiger partial charge in [-0.2, -0.15) is 0 Å². The van der Waals surface area contributed by atoms with Gasteiger partial charge >= 0.3 is 6.03 Å². The lowest BCUT2D eigenvalue weighted by atomic mass is 9.98. The van der Waals surface area contributed by atoms with E-state index >= 15 is 0 Å². The molecule has 26 heavy (non-hydrogen) atoms. The maximum absolute atomic E-state index is 12.5. The SMILES string of the molecule is COc1ccc([N+](=O)[O-])c(NCCCN2C(=O)NC3(CCCC3)C2=O)c1. The second-order valence-corrected chi connectivity index (χ2v) is 6.60. The number of imide groups is 1. The van der Waals surface area contributed by atoms with E-state index in [0.29, 0.717) is 37.2 Å². The van der Waals surface area contributed by atoms with Crippen LogP contribution in [0.2, 0.25) is 0 Å². The quantitative estimate of drug-likeness (QED) is 0.333. The third-order valence-corrected chi connectivity index (χ3v) is 4.98. The van der Waals surface area contributed by atoms with Gasteiger partial charge in [-0.1, -0.05) is 12.8 Å². The molecule has 3 amide bonds. The minimum atomic E-state index is -0.698. The maximum Gasteiger partial charge on any atom is 0.325 e. The number of nitrogens with zero attached hydrogens (tertiary/aromatic N) is 2. The molecule has 0 radical (unpaired) electrons. The van der Waals surface area contributed by atoms with Gasteiger partial charge in [0.15, 0.2) is 0 Å². The van der Waals surface area contributed by atoms with Crippen LogP contribution < -0.4 is 15.4 Å². The predicted molar refractivity (Wildman–Crippen MR) is 94.2 cm³/mol. The Balaban J connectivity index is 1.57. The van der Waals surface area contributed by atoms with Crippen molar-refractivity contribution >= 4 is 23.3 Å². The van der Waals surface area contributed by atoms with E-state index in [2.05, 4.69) is 10.6 Å². The van der Waals surface area contributed by atoms with Crippen LogP contribution in [0, 0.1) is 10.1 Å². The Morgan fingerprint density at radius 1 is 1.35 bits per heavy atom. The number of carbonyl (C=O) groups excluding carboxylic acids is 2. The summed E-state index contributed by atoms with van der Waals surface area (Å²) in [5, 5.41) is 16.9. The number of nitro groups is 1. The molecule has 0 atom stereocenters. The molecule has 1 aromatic carbocycles. The Kier molecular flexibility index (Phi) is 4.97. The molecule has 2 fully saturated rings. The highest BCUT2D eigenvalue weighted by molar-refractivity contribution is 6.07. The van der Waals surface area contributed by atoms with E-state index in [0.717, 1.165) is 12.8 Å². The number of carbonyl (C=O) groups is 2. The first-order chi connectivity index (χ1) is 12.5. The summed E-state index contributed by atoms with van der Waals surface area (Å²) in [6.07, 6.45) is 3.77. The highest BCUT2D eigenvalue weighted by atomic mass is 16.6. The zero-order chi connectivity index (χ0) is 18.7. The number of benzene rings is 1. The molecule has 0 unspecified atom stereocenters. The molecule has 1 saturated carbocycles. The lowest BCUT2D eigenvalue weighted by Gasteiger charge is -2.20. The Bertz CT molecular complexity index is 730. The minimum Gasteiger partial charge on any atom is -0.497 e. The second-order valence-electron chi connectivity index (χ2n) is 6.60. The smallest absolute Gasteiger partial charge is 0.325 e. The third-order valence-electron chi connectivity index (χ3n) is 4.98. The van der Waals surface area contributed by atoms with Crippen molar-refractivity contribution in [2.24, 2.45) is 0 Å². The first-order valence-corrected chi connectivity index (χ1v) is 8.67. The molecule has 1 saturated heterocycles. The van der Waals surface area contributed by atoms with Crippen LogP contribution in [0.25, 0.3) is 0 Å². The van der Waals surface area contributed by atoms with E-state index in [1.807, 2.05) is 0 Å². The molecule has 3 rings (SSSR count). The molecule has 1 aromatic rings. The second kappa shape index (κ2) is 7.19. The summed E-state index contributed by atoms with van der Waals surface area (Å²) < 4.78 is 5.09. The molecule has 1 spiro atoms. The van der Waals surface area contributed by atoms with E-state index in [9.17, 15) is 19.7 Å². The van der Waals surface area contributed by atoms with Gasteiger partial charge in [-0.3, -0.25) is 19.8 Å². The van der Waals surface area contributed by atoms with Crippen LogP contribution in [0.15, 0.2) is 18.2 Å². The van der Waals surface area contributed by atoms with Gasteiger partial charge in [0.2, 0.25) is 0 Å². The fourth-order valence-corrected chi connectivity index (χ4v) is 3.60. The first-order valence-electron chi connectivity index (χ1n) is 8.67. The van der Waals surface area contributed by atoms with Crippen LogP contribution in [0.5, 0.6) is 5.75 Å². The maximum atomic E-state index is 12.5. The number of anilines is 1. The number of hydrogen-bond acceptors (Lipinski definition) is 6. The zero-order valence-electron chi connectivity index (χ0n) is 14.6. The van der Waals surface area contributed by atoms with Crippen molar-refractivity contribution in [1.82, 2.24) is 10.2 Å². The van der Waals surface area contributed by atoms with E-state index in [4.69, 9.17) is 4.74 Å². The van der Waals surface area contributed by atoms with E-state index in [1.165, 1.54) is 24.1 Å². The van der Waals surface area contributed by atoms with Crippen molar-refractivity contribution in [3.05, 3.63) is 28.3 Å². The molecule has 9 heteroatoms. The molecule has 2 aliphatic rings. The van der Waals surface area contributed by atoms with Crippen molar-refractivity contribution in [2.45, 2.75) is 37.6 Å². The average molecular weight is 362 g/mol. The molecule has 9 nitrogen and oxygen atoms in total. The van der Waals surface area contributed by atoms with E-state index in [1.54, 1.807) is 6.07 Å². The molecule has 140 valence electrons. The van der Waals surface area contributed by atoms with Crippen LogP contribution in [0.1, 0.15) is 32.1 Å². The monoisotopic (exact) mass is 362 g/mol. The molecule has 0 bridgehead atoms. The number of methoxy groups -OCH3 is 1. The van der Waals surface area contributed by atoms with Crippen molar-refractivity contribution in [3.8, 4) is 5.75 Å². The molecule has 1 heterocycles. The number of hydrogen-bond donors (Lipinski definition) is 2. The molecular formula is C17H22N4O5. The third kappa shape index (κ3) is 3.29. The number of rotatable bonds is 7. The van der Waals surface area contributed by atoms with Gasteiger partial charge in [-0.15, -0.1) is 0 Å². The van der Waals surface area contributed by atoms with Gasteiger partial charge in [-0.25, -0.2) is 4.79 Å². The first kappa shape index (κ1) is 18.0. The lowest BCUT2D eigenvalue weighted by Crippen LogP contribution is -2.44. The molecular weight excluding hydrogens is 340 g/mol. The highest BCUT2D eigenvalue weighted by Crippen LogP contribution is 2.35. The number of amides is 3. The summed E-state index contributed by atoms with van der Waals surface area (Å²) >= 11 is 0. The van der Waals surface area contributed by atoms with Gasteiger partial charge in [0, 0.05) is 25.2 Å². The summed E-state index contributed by atoms with van der Waals surface area (Å²) in [5.41, 5.74) is -0.402. The van der Waals surface area contributed by atoms with Crippen molar-refractivity contribution < 1.29 is 19.2 Å². The Morgan fingerprint density at radius 2 is 2.08 bits per heavy atom. The van der Waals surface area contributed by atoms with Crippen LogP contribution >= 0.6 is 0 Å². The number of nitrogens with one attached hydrogen (secondary N) is 2. The summed E-state index contributed by atoms with van der Waals surface area (Å²) in [7, 11) is 1.49. The Hall–Kier alpha value is -2.84. The number of urea groups is 1. The largest absolute Gasteiger partial charge is 0.497 e. The number of ether oxygens (including phenoxy) is 1. The van der Waals surface area contributed by atoms with Crippen LogP contribution in [0.3, 0.4) is 0 Å². The highest BCUT2D eigenvalue weighted by Gasteiger charge is 2.51. The van der Waals surface area contributed by atoms with Gasteiger partial charge in [0.05, 0.1) is 12.0 Å².